The first-order valence-corrected chi connectivity index (χ1v) is 6.04. The van der Waals surface area contributed by atoms with Crippen molar-refractivity contribution in [1.29, 1.82) is 0 Å². The second-order valence-corrected chi connectivity index (χ2v) is 4.78. The van der Waals surface area contributed by atoms with Crippen molar-refractivity contribution in [3.05, 3.63) is 29.8 Å². The highest BCUT2D eigenvalue weighted by atomic mass is 19.1. The highest BCUT2D eigenvalue weighted by Gasteiger charge is 2.36. The molecule has 2 rings (SSSR count). The Kier molecular flexibility index (Phi) is 3.74. The molecular formula is C13H19FN2O. The lowest BCUT2D eigenvalue weighted by atomic mass is 9.80. The minimum atomic E-state index is -0.291. The number of pyridine rings is 1. The maximum atomic E-state index is 13.0. The van der Waals surface area contributed by atoms with Gasteiger partial charge in [-0.15, -0.1) is 0 Å². The largest absolute Gasteiger partial charge is 0.377 e. The molecule has 3 nitrogen and oxygen atoms in total. The van der Waals surface area contributed by atoms with Gasteiger partial charge in [-0.2, -0.15) is 0 Å². The van der Waals surface area contributed by atoms with Gasteiger partial charge in [-0.05, 0) is 37.8 Å². The molecule has 0 radical (unpaired) electrons. The van der Waals surface area contributed by atoms with Crippen molar-refractivity contribution in [2.24, 2.45) is 0 Å². The van der Waals surface area contributed by atoms with Crippen LogP contribution in [0.2, 0.25) is 0 Å². The fourth-order valence-corrected chi connectivity index (χ4v) is 2.15. The van der Waals surface area contributed by atoms with Crippen molar-refractivity contribution >= 4 is 0 Å². The van der Waals surface area contributed by atoms with E-state index in [1.54, 1.807) is 13.3 Å². The van der Waals surface area contributed by atoms with Gasteiger partial charge in [-0.3, -0.25) is 4.98 Å². The van der Waals surface area contributed by atoms with Crippen LogP contribution in [0.5, 0.6) is 0 Å². The van der Waals surface area contributed by atoms with Crippen LogP contribution in [-0.4, -0.2) is 24.2 Å². The molecule has 1 aliphatic rings. The van der Waals surface area contributed by atoms with Gasteiger partial charge in [-0.25, -0.2) is 4.39 Å². The average Bonchev–Trinajstić information content (AvgIpc) is 2.28. The molecule has 1 saturated carbocycles. The Labute approximate surface area is 101 Å². The third-order valence-electron chi connectivity index (χ3n) is 3.65. The third-order valence-corrected chi connectivity index (χ3v) is 3.65. The topological polar surface area (TPSA) is 34.1 Å². The molecule has 1 aliphatic carbocycles. The van der Waals surface area contributed by atoms with Crippen molar-refractivity contribution in [3.8, 4) is 0 Å². The van der Waals surface area contributed by atoms with Crippen molar-refractivity contribution in [3.63, 3.8) is 0 Å². The molecule has 94 valence electrons. The molecule has 1 fully saturated rings. The number of nitrogens with one attached hydrogen (secondary N) is 1. The van der Waals surface area contributed by atoms with Crippen LogP contribution in [0.4, 0.5) is 4.39 Å². The summed E-state index contributed by atoms with van der Waals surface area (Å²) in [6, 6.07) is 1.61. The minimum Gasteiger partial charge on any atom is -0.377 e. The van der Waals surface area contributed by atoms with E-state index in [0.717, 1.165) is 24.9 Å². The summed E-state index contributed by atoms with van der Waals surface area (Å²) in [4.78, 5) is 3.86. The van der Waals surface area contributed by atoms with Crippen LogP contribution in [0, 0.1) is 5.82 Å². The number of aromatic nitrogens is 1. The number of halogens is 1. The van der Waals surface area contributed by atoms with Crippen molar-refractivity contribution in [1.82, 2.24) is 10.3 Å². The number of nitrogens with zero attached hydrogens (tertiary/aromatic N) is 1. The monoisotopic (exact) mass is 238 g/mol. The highest BCUT2D eigenvalue weighted by Crippen LogP contribution is 2.34. The molecular weight excluding hydrogens is 219 g/mol. The summed E-state index contributed by atoms with van der Waals surface area (Å²) in [6.07, 6.45) is 6.35. The third kappa shape index (κ3) is 2.82. The summed E-state index contributed by atoms with van der Waals surface area (Å²) in [6.45, 7) is 2.82. The molecule has 1 aromatic rings. The van der Waals surface area contributed by atoms with E-state index in [2.05, 4.69) is 10.3 Å². The Morgan fingerprint density at radius 3 is 2.82 bits per heavy atom. The van der Waals surface area contributed by atoms with Crippen LogP contribution in [-0.2, 0) is 4.74 Å². The van der Waals surface area contributed by atoms with Crippen molar-refractivity contribution < 1.29 is 9.13 Å². The van der Waals surface area contributed by atoms with Gasteiger partial charge in [0.25, 0.3) is 0 Å². The molecule has 1 aromatic heterocycles. The van der Waals surface area contributed by atoms with Gasteiger partial charge in [0.1, 0.15) is 5.82 Å². The number of ether oxygens (including phenoxy) is 1. The van der Waals surface area contributed by atoms with Gasteiger partial charge in [0, 0.05) is 25.9 Å². The Morgan fingerprint density at radius 2 is 2.29 bits per heavy atom. The first-order valence-electron chi connectivity index (χ1n) is 6.04. The summed E-state index contributed by atoms with van der Waals surface area (Å²) in [5, 5.41) is 3.39. The molecule has 1 N–H and O–H groups in total. The molecule has 0 aliphatic heterocycles. The van der Waals surface area contributed by atoms with E-state index in [4.69, 9.17) is 4.74 Å². The highest BCUT2D eigenvalue weighted by molar-refractivity contribution is 5.14. The maximum absolute atomic E-state index is 13.0. The molecule has 17 heavy (non-hydrogen) atoms. The number of hydrogen-bond acceptors (Lipinski definition) is 3. The van der Waals surface area contributed by atoms with Crippen LogP contribution in [0.25, 0.3) is 0 Å². The summed E-state index contributed by atoms with van der Waals surface area (Å²) < 4.78 is 18.6. The van der Waals surface area contributed by atoms with Gasteiger partial charge in [0.05, 0.1) is 11.8 Å². The molecule has 0 saturated heterocycles. The summed E-state index contributed by atoms with van der Waals surface area (Å²) in [7, 11) is 1.76. The molecule has 1 unspecified atom stereocenters. The second kappa shape index (κ2) is 5.10. The van der Waals surface area contributed by atoms with Crippen LogP contribution in [0.1, 0.15) is 37.8 Å². The fourth-order valence-electron chi connectivity index (χ4n) is 2.15. The Balaban J connectivity index is 1.91. The number of methoxy groups -OCH3 is 1. The lowest BCUT2D eigenvalue weighted by Crippen LogP contribution is -2.48. The van der Waals surface area contributed by atoms with Gasteiger partial charge >= 0.3 is 0 Å². The Hall–Kier alpha value is -1.00. The van der Waals surface area contributed by atoms with Crippen molar-refractivity contribution in [2.45, 2.75) is 37.8 Å². The van der Waals surface area contributed by atoms with Crippen molar-refractivity contribution in [2.75, 3.05) is 13.7 Å². The first-order chi connectivity index (χ1) is 8.15. The molecule has 4 heteroatoms. The smallest absolute Gasteiger partial charge is 0.141 e. The van der Waals surface area contributed by atoms with Crippen LogP contribution >= 0.6 is 0 Å². The minimum absolute atomic E-state index is 0.00495. The summed E-state index contributed by atoms with van der Waals surface area (Å²) in [5.41, 5.74) is 0.866. The fraction of sp³-hybridized carbons (Fsp3) is 0.615. The van der Waals surface area contributed by atoms with Crippen LogP contribution < -0.4 is 5.32 Å². The molecule has 1 atom stereocenters. The zero-order valence-corrected chi connectivity index (χ0v) is 10.4. The second-order valence-electron chi connectivity index (χ2n) is 4.78. The zero-order chi connectivity index (χ0) is 12.3. The lowest BCUT2D eigenvalue weighted by molar-refractivity contribution is -0.0706. The first kappa shape index (κ1) is 12.5. The average molecular weight is 238 g/mol. The molecule has 0 aromatic carbocycles. The quantitative estimate of drug-likeness (QED) is 0.855. The van der Waals surface area contributed by atoms with Gasteiger partial charge in [0.15, 0.2) is 0 Å². The van der Waals surface area contributed by atoms with E-state index in [9.17, 15) is 4.39 Å². The standard InChI is InChI=1S/C13H19FN2O/c1-10(11-6-12(14)8-15-7-11)16-9-13(17-2)4-3-5-13/h6-8,10,16H,3-5,9H2,1-2H3. The lowest BCUT2D eigenvalue weighted by Gasteiger charge is -2.41. The summed E-state index contributed by atoms with van der Waals surface area (Å²) in [5.74, 6) is -0.291. The van der Waals surface area contributed by atoms with E-state index in [1.807, 2.05) is 6.92 Å². The molecule has 1 heterocycles. The Bertz CT molecular complexity index is 374. The molecule has 0 spiro atoms. The maximum Gasteiger partial charge on any atom is 0.141 e. The van der Waals surface area contributed by atoms with E-state index < -0.39 is 0 Å². The van der Waals surface area contributed by atoms with Gasteiger partial charge in [0.2, 0.25) is 0 Å². The van der Waals surface area contributed by atoms with E-state index in [0.29, 0.717) is 0 Å². The molecule has 0 amide bonds. The van der Waals surface area contributed by atoms with E-state index in [-0.39, 0.29) is 17.5 Å². The predicted octanol–water partition coefficient (Wildman–Crippen LogP) is 2.44. The SMILES string of the molecule is COC1(CNC(C)c2cncc(F)c2)CCC1. The molecule has 0 bridgehead atoms. The summed E-state index contributed by atoms with van der Waals surface area (Å²) >= 11 is 0. The number of rotatable bonds is 5. The zero-order valence-electron chi connectivity index (χ0n) is 10.4. The van der Waals surface area contributed by atoms with E-state index >= 15 is 0 Å². The predicted molar refractivity (Wildman–Crippen MR) is 64.2 cm³/mol. The van der Waals surface area contributed by atoms with Crippen LogP contribution in [0.15, 0.2) is 18.5 Å². The van der Waals surface area contributed by atoms with E-state index in [1.165, 1.54) is 18.7 Å². The Morgan fingerprint density at radius 1 is 1.53 bits per heavy atom. The number of hydrogen-bond donors (Lipinski definition) is 1. The van der Waals surface area contributed by atoms with Gasteiger partial charge < -0.3 is 10.1 Å². The van der Waals surface area contributed by atoms with Crippen LogP contribution in [0.3, 0.4) is 0 Å². The normalized spacial score (nSPS) is 19.7. The van der Waals surface area contributed by atoms with Gasteiger partial charge in [-0.1, -0.05) is 0 Å².